The minimum absolute atomic E-state index is 2.04. The van der Waals surface area contributed by atoms with E-state index in [1.807, 2.05) is 15.9 Å². The Kier molecular flexibility index (Phi) is 2.82. The van der Waals surface area contributed by atoms with Crippen molar-refractivity contribution < 1.29 is 25.9 Å². The Hall–Kier alpha value is 0.300. The van der Waals surface area contributed by atoms with E-state index in [0.29, 0.717) is 0 Å². The van der Waals surface area contributed by atoms with Crippen LogP contribution in [0.1, 0.15) is 0 Å². The van der Waals surface area contributed by atoms with Gasteiger partial charge in [-0.1, -0.05) is 0 Å². The van der Waals surface area contributed by atoms with Crippen LogP contribution in [-0.4, -0.2) is 29.4 Å². The summed E-state index contributed by atoms with van der Waals surface area (Å²) in [6.07, 6.45) is 0. The van der Waals surface area contributed by atoms with Crippen molar-refractivity contribution in [3.8, 4) is 0 Å². The van der Waals surface area contributed by atoms with Crippen molar-refractivity contribution >= 4 is 36.2 Å². The van der Waals surface area contributed by atoms with Gasteiger partial charge >= 0.3 is 0 Å². The Labute approximate surface area is 65.9 Å². The van der Waals surface area contributed by atoms with Crippen molar-refractivity contribution in [1.29, 1.82) is 0 Å². The summed E-state index contributed by atoms with van der Waals surface area (Å²) >= 11 is 2.04. The molecule has 0 aromatic rings. The molecule has 0 amide bonds. The average Bonchev–Trinajstić information content (AvgIpc) is 1.59. The summed E-state index contributed by atoms with van der Waals surface area (Å²) in [5.41, 5.74) is 0. The second kappa shape index (κ2) is 2.74. The second-order valence-corrected chi connectivity index (χ2v) is 6.73. The van der Waals surface area contributed by atoms with Gasteiger partial charge in [-0.15, -0.1) is 0 Å². The summed E-state index contributed by atoms with van der Waals surface area (Å²) in [7, 11) is -9.56. The lowest BCUT2D eigenvalue weighted by Gasteiger charge is -1.99. The first kappa shape index (κ1) is 10.3. The standard InChI is InChI=1S/CH3BrO6S2/c2-1(9(3,4)5)10(6,7)8/h1H,(H,3,4,5)(H,6,7,8). The molecule has 0 aromatic carbocycles. The number of hydrogen-bond donors (Lipinski definition) is 2. The van der Waals surface area contributed by atoms with Crippen molar-refractivity contribution in [3.05, 3.63) is 0 Å². The van der Waals surface area contributed by atoms with Crippen molar-refractivity contribution in [3.63, 3.8) is 0 Å². The Bertz CT molecular complexity index is 265. The average molecular weight is 255 g/mol. The highest BCUT2D eigenvalue weighted by atomic mass is 79.9. The largest absolute Gasteiger partial charge is 0.295 e. The maximum absolute atomic E-state index is 9.95. The van der Waals surface area contributed by atoms with Crippen LogP contribution < -0.4 is 0 Å². The third-order valence-corrected chi connectivity index (χ3v) is 5.70. The molecule has 0 aliphatic carbocycles. The van der Waals surface area contributed by atoms with Gasteiger partial charge in [0.05, 0.1) is 0 Å². The van der Waals surface area contributed by atoms with Crippen LogP contribution in [0.3, 0.4) is 0 Å². The summed E-state index contributed by atoms with van der Waals surface area (Å²) < 4.78 is 53.4. The van der Waals surface area contributed by atoms with Crippen molar-refractivity contribution in [1.82, 2.24) is 0 Å². The molecule has 0 heterocycles. The molecule has 0 radical (unpaired) electrons. The van der Waals surface area contributed by atoms with E-state index in [2.05, 4.69) is 0 Å². The normalized spacial score (nSPS) is 14.0. The van der Waals surface area contributed by atoms with E-state index in [9.17, 15) is 16.8 Å². The van der Waals surface area contributed by atoms with Gasteiger partial charge in [-0.05, 0) is 15.9 Å². The Morgan fingerprint density at radius 2 is 1.20 bits per heavy atom. The zero-order valence-corrected chi connectivity index (χ0v) is 7.52. The smallest absolute Gasteiger partial charge is 0.284 e. The predicted molar refractivity (Wildman–Crippen MR) is 35.8 cm³/mol. The van der Waals surface area contributed by atoms with Crippen LogP contribution in [0.25, 0.3) is 0 Å². The van der Waals surface area contributed by atoms with Crippen LogP contribution in [0.2, 0.25) is 0 Å². The number of halogens is 1. The third kappa shape index (κ3) is 2.92. The molecule has 0 atom stereocenters. The van der Waals surface area contributed by atoms with Crippen LogP contribution in [0.4, 0.5) is 0 Å². The highest BCUT2D eigenvalue weighted by molar-refractivity contribution is 9.12. The Morgan fingerprint density at radius 3 is 1.20 bits per heavy atom. The van der Waals surface area contributed by atoms with Crippen molar-refractivity contribution in [2.75, 3.05) is 0 Å². The highest BCUT2D eigenvalue weighted by Crippen LogP contribution is 2.12. The summed E-state index contributed by atoms with van der Waals surface area (Å²) in [5.74, 6) is 0. The monoisotopic (exact) mass is 254 g/mol. The van der Waals surface area contributed by atoms with Crippen molar-refractivity contribution in [2.45, 2.75) is 3.49 Å². The zero-order chi connectivity index (χ0) is 8.58. The third-order valence-electron chi connectivity index (χ3n) is 0.468. The van der Waals surface area contributed by atoms with E-state index < -0.39 is 23.7 Å². The van der Waals surface area contributed by atoms with Gasteiger partial charge in [0.2, 0.25) is 0 Å². The Balaban J connectivity index is 4.94. The second-order valence-electron chi connectivity index (χ2n) is 1.30. The van der Waals surface area contributed by atoms with Gasteiger partial charge in [0.1, 0.15) is 0 Å². The zero-order valence-electron chi connectivity index (χ0n) is 4.30. The quantitative estimate of drug-likeness (QED) is 0.505. The van der Waals surface area contributed by atoms with Crippen LogP contribution >= 0.6 is 15.9 Å². The lowest BCUT2D eigenvalue weighted by atomic mass is 11.9. The summed E-state index contributed by atoms with van der Waals surface area (Å²) in [6.45, 7) is 0. The molecule has 2 N–H and O–H groups in total. The van der Waals surface area contributed by atoms with E-state index in [4.69, 9.17) is 9.11 Å². The van der Waals surface area contributed by atoms with Gasteiger partial charge < -0.3 is 0 Å². The van der Waals surface area contributed by atoms with Gasteiger partial charge in [0.25, 0.3) is 23.7 Å². The molecule has 0 aliphatic heterocycles. The van der Waals surface area contributed by atoms with Gasteiger partial charge in [-0.25, -0.2) is 0 Å². The summed E-state index contributed by atoms with van der Waals surface area (Å²) in [5, 5.41) is 0. The molecule has 0 spiro atoms. The molecule has 0 fully saturated rings. The molecule has 0 rings (SSSR count). The van der Waals surface area contributed by atoms with E-state index in [1.54, 1.807) is 0 Å². The van der Waals surface area contributed by atoms with Crippen LogP contribution in [0, 0.1) is 0 Å². The maximum atomic E-state index is 9.95. The minimum Gasteiger partial charge on any atom is -0.284 e. The van der Waals surface area contributed by atoms with E-state index in [1.165, 1.54) is 0 Å². The van der Waals surface area contributed by atoms with Gasteiger partial charge in [0.15, 0.2) is 0 Å². The molecule has 62 valence electrons. The molecule has 0 unspecified atom stereocenters. The molecule has 6 nitrogen and oxygen atoms in total. The van der Waals surface area contributed by atoms with E-state index >= 15 is 0 Å². The fraction of sp³-hybridized carbons (Fsp3) is 1.00. The first-order chi connectivity index (χ1) is 4.15. The molecule has 0 aliphatic rings. The molecule has 0 aromatic heterocycles. The predicted octanol–water partition coefficient (Wildman–Crippen LogP) is -0.559. The van der Waals surface area contributed by atoms with Crippen LogP contribution in [-0.2, 0) is 20.2 Å². The first-order valence-electron chi connectivity index (χ1n) is 1.72. The van der Waals surface area contributed by atoms with Gasteiger partial charge in [0, 0.05) is 0 Å². The molecule has 0 bridgehead atoms. The fourth-order valence-corrected chi connectivity index (χ4v) is 1.38. The summed E-state index contributed by atoms with van der Waals surface area (Å²) in [6, 6.07) is 0. The minimum atomic E-state index is -4.78. The molecular weight excluding hydrogens is 252 g/mol. The number of alkyl halides is 1. The van der Waals surface area contributed by atoms with Crippen molar-refractivity contribution in [2.24, 2.45) is 0 Å². The molecule has 0 saturated heterocycles. The molecule has 10 heavy (non-hydrogen) atoms. The molecule has 0 saturated carbocycles. The van der Waals surface area contributed by atoms with Crippen LogP contribution in [0.15, 0.2) is 0 Å². The Morgan fingerprint density at radius 1 is 1.00 bits per heavy atom. The van der Waals surface area contributed by atoms with Gasteiger partial charge in [-0.3, -0.25) is 9.11 Å². The molecular formula is CH3BrO6S2. The fourth-order valence-electron chi connectivity index (χ4n) is 0.154. The van der Waals surface area contributed by atoms with Gasteiger partial charge in [-0.2, -0.15) is 16.8 Å². The highest BCUT2D eigenvalue weighted by Gasteiger charge is 2.32. The van der Waals surface area contributed by atoms with E-state index in [-0.39, 0.29) is 0 Å². The lowest BCUT2D eigenvalue weighted by molar-refractivity contribution is 0.469. The molecule has 9 heteroatoms. The van der Waals surface area contributed by atoms with Crippen LogP contribution in [0.5, 0.6) is 0 Å². The van der Waals surface area contributed by atoms with E-state index in [0.717, 1.165) is 0 Å². The first-order valence-corrected chi connectivity index (χ1v) is 5.64. The maximum Gasteiger partial charge on any atom is 0.295 e. The number of hydrogen-bond acceptors (Lipinski definition) is 4. The topological polar surface area (TPSA) is 109 Å². The number of rotatable bonds is 2. The SMILES string of the molecule is O=S(=O)(O)C(Br)S(=O)(=O)O. The summed E-state index contributed by atoms with van der Waals surface area (Å²) in [4.78, 5) is 0. The lowest BCUT2D eigenvalue weighted by Crippen LogP contribution is -2.22.